The van der Waals surface area contributed by atoms with Crippen molar-refractivity contribution in [1.29, 1.82) is 5.41 Å². The molecule has 0 aliphatic carbocycles. The van der Waals surface area contributed by atoms with Crippen molar-refractivity contribution >= 4 is 17.8 Å². The predicted octanol–water partition coefficient (Wildman–Crippen LogP) is 2.24. The first-order valence-corrected chi connectivity index (χ1v) is 6.31. The maximum absolute atomic E-state index is 12.8. The highest BCUT2D eigenvalue weighted by atomic mass is 19.3. The maximum Gasteiger partial charge on any atom is 0.321 e. The van der Waals surface area contributed by atoms with Gasteiger partial charge in [-0.3, -0.25) is 4.79 Å². The number of carbonyl (C=O) groups is 1. The zero-order valence-corrected chi connectivity index (χ0v) is 11.8. The molecule has 0 spiro atoms. The van der Waals surface area contributed by atoms with Crippen LogP contribution in [0.25, 0.3) is 0 Å². The standard InChI is InChI=1S/C15H17F2N3O/c1-4-11-5-6-13(12(7-11)8-18)19-9-10(2)20-14(21)15(3,16)17/h1,5-8,10,18-19H,9H2,2-3H3,(H,20,21). The van der Waals surface area contributed by atoms with Crippen molar-refractivity contribution in [2.45, 2.75) is 25.8 Å². The van der Waals surface area contributed by atoms with Gasteiger partial charge in [-0.2, -0.15) is 8.78 Å². The molecule has 0 aliphatic rings. The van der Waals surface area contributed by atoms with E-state index < -0.39 is 17.9 Å². The van der Waals surface area contributed by atoms with Crippen LogP contribution in [0, 0.1) is 17.8 Å². The van der Waals surface area contributed by atoms with Gasteiger partial charge in [-0.1, -0.05) is 5.92 Å². The van der Waals surface area contributed by atoms with Gasteiger partial charge >= 0.3 is 5.92 Å². The van der Waals surface area contributed by atoms with Crippen LogP contribution in [0.2, 0.25) is 0 Å². The second kappa shape index (κ2) is 6.84. The molecule has 4 nitrogen and oxygen atoms in total. The number of alkyl halides is 2. The van der Waals surface area contributed by atoms with Crippen molar-refractivity contribution in [2.75, 3.05) is 11.9 Å². The quantitative estimate of drug-likeness (QED) is 0.556. The maximum atomic E-state index is 12.8. The van der Waals surface area contributed by atoms with E-state index in [1.807, 2.05) is 0 Å². The summed E-state index contributed by atoms with van der Waals surface area (Å²) in [4.78, 5) is 11.1. The van der Waals surface area contributed by atoms with Gasteiger partial charge in [0.25, 0.3) is 5.91 Å². The van der Waals surface area contributed by atoms with E-state index in [0.717, 1.165) is 6.21 Å². The summed E-state index contributed by atoms with van der Waals surface area (Å²) in [6, 6.07) is 4.59. The Kier molecular flexibility index (Phi) is 5.42. The molecule has 6 heteroatoms. The van der Waals surface area contributed by atoms with Gasteiger partial charge in [0.15, 0.2) is 0 Å². The van der Waals surface area contributed by atoms with E-state index in [2.05, 4.69) is 16.6 Å². The van der Waals surface area contributed by atoms with Crippen LogP contribution < -0.4 is 10.6 Å². The van der Waals surface area contributed by atoms with Crippen LogP contribution in [0.1, 0.15) is 25.0 Å². The molecular formula is C15H17F2N3O. The summed E-state index contributed by atoms with van der Waals surface area (Å²) in [5.41, 5.74) is 1.88. The van der Waals surface area contributed by atoms with Crippen LogP contribution in [0.4, 0.5) is 14.5 Å². The summed E-state index contributed by atoms with van der Waals surface area (Å²) >= 11 is 0. The van der Waals surface area contributed by atoms with E-state index in [4.69, 9.17) is 11.8 Å². The summed E-state index contributed by atoms with van der Waals surface area (Å²) in [5, 5.41) is 12.5. The van der Waals surface area contributed by atoms with E-state index in [1.165, 1.54) is 0 Å². The fourth-order valence-corrected chi connectivity index (χ4v) is 1.60. The minimum atomic E-state index is -3.40. The highest BCUT2D eigenvalue weighted by molar-refractivity contribution is 5.86. The molecule has 3 N–H and O–H groups in total. The minimum Gasteiger partial charge on any atom is -0.382 e. The second-order valence-electron chi connectivity index (χ2n) is 4.73. The lowest BCUT2D eigenvalue weighted by Gasteiger charge is -2.18. The van der Waals surface area contributed by atoms with E-state index in [0.29, 0.717) is 23.7 Å². The summed E-state index contributed by atoms with van der Waals surface area (Å²) in [5.74, 6) is -2.25. The number of halogens is 2. The number of anilines is 1. The number of benzene rings is 1. The third-order valence-electron chi connectivity index (χ3n) is 2.75. The van der Waals surface area contributed by atoms with Gasteiger partial charge in [0.05, 0.1) is 0 Å². The van der Waals surface area contributed by atoms with E-state index in [9.17, 15) is 13.6 Å². The van der Waals surface area contributed by atoms with E-state index >= 15 is 0 Å². The molecule has 0 fully saturated rings. The fourth-order valence-electron chi connectivity index (χ4n) is 1.60. The van der Waals surface area contributed by atoms with Crippen molar-refractivity contribution in [3.05, 3.63) is 29.3 Å². The molecule has 0 saturated heterocycles. The lowest BCUT2D eigenvalue weighted by Crippen LogP contribution is -2.45. The third kappa shape index (κ3) is 4.88. The third-order valence-corrected chi connectivity index (χ3v) is 2.75. The minimum absolute atomic E-state index is 0.248. The molecule has 112 valence electrons. The molecule has 0 bridgehead atoms. The largest absolute Gasteiger partial charge is 0.382 e. The fraction of sp³-hybridized carbons (Fsp3) is 0.333. The van der Waals surface area contributed by atoms with Gasteiger partial charge in [-0.05, 0) is 25.1 Å². The van der Waals surface area contributed by atoms with Crippen LogP contribution >= 0.6 is 0 Å². The van der Waals surface area contributed by atoms with Crippen LogP contribution in [0.3, 0.4) is 0 Å². The molecule has 21 heavy (non-hydrogen) atoms. The van der Waals surface area contributed by atoms with E-state index in [1.54, 1.807) is 25.1 Å². The number of hydrogen-bond donors (Lipinski definition) is 3. The molecule has 1 atom stereocenters. The van der Waals surface area contributed by atoms with Gasteiger partial charge in [0.1, 0.15) is 0 Å². The Morgan fingerprint density at radius 3 is 2.76 bits per heavy atom. The van der Waals surface area contributed by atoms with E-state index in [-0.39, 0.29) is 6.54 Å². The van der Waals surface area contributed by atoms with Crippen LogP contribution in [-0.2, 0) is 4.79 Å². The van der Waals surface area contributed by atoms with Crippen molar-refractivity contribution in [3.63, 3.8) is 0 Å². The van der Waals surface area contributed by atoms with Crippen LogP contribution in [-0.4, -0.2) is 30.6 Å². The van der Waals surface area contributed by atoms with Gasteiger partial charge in [0.2, 0.25) is 0 Å². The molecule has 0 radical (unpaired) electrons. The Labute approximate surface area is 122 Å². The number of rotatable bonds is 6. The first-order chi connectivity index (χ1) is 9.77. The Hall–Kier alpha value is -2.42. The number of carbonyl (C=O) groups excluding carboxylic acids is 1. The lowest BCUT2D eigenvalue weighted by atomic mass is 10.1. The van der Waals surface area contributed by atoms with Gasteiger partial charge in [0, 0.05) is 42.5 Å². The topological polar surface area (TPSA) is 65.0 Å². The van der Waals surface area contributed by atoms with Crippen LogP contribution in [0.15, 0.2) is 18.2 Å². The van der Waals surface area contributed by atoms with Crippen molar-refractivity contribution in [1.82, 2.24) is 5.32 Å². The van der Waals surface area contributed by atoms with Gasteiger partial charge in [-0.25, -0.2) is 0 Å². The first kappa shape index (κ1) is 16.6. The molecule has 0 aromatic heterocycles. The van der Waals surface area contributed by atoms with Crippen LogP contribution in [0.5, 0.6) is 0 Å². The normalized spacial score (nSPS) is 12.1. The average Bonchev–Trinajstić information content (AvgIpc) is 2.43. The van der Waals surface area contributed by atoms with Gasteiger partial charge < -0.3 is 16.0 Å². The lowest BCUT2D eigenvalue weighted by molar-refractivity contribution is -0.143. The average molecular weight is 293 g/mol. The molecule has 0 aliphatic heterocycles. The SMILES string of the molecule is C#Cc1ccc(NCC(C)NC(=O)C(C)(F)F)c(C=N)c1. The summed E-state index contributed by atoms with van der Waals surface area (Å²) < 4.78 is 25.5. The Morgan fingerprint density at radius 2 is 2.24 bits per heavy atom. The monoisotopic (exact) mass is 293 g/mol. The summed E-state index contributed by atoms with van der Waals surface area (Å²) in [6.07, 6.45) is 6.42. The zero-order chi connectivity index (χ0) is 16.0. The second-order valence-corrected chi connectivity index (χ2v) is 4.73. The molecule has 1 aromatic carbocycles. The smallest absolute Gasteiger partial charge is 0.321 e. The number of terminal acetylenes is 1. The predicted molar refractivity (Wildman–Crippen MR) is 79.0 cm³/mol. The van der Waals surface area contributed by atoms with Gasteiger partial charge in [-0.15, -0.1) is 6.42 Å². The zero-order valence-electron chi connectivity index (χ0n) is 11.8. The highest BCUT2D eigenvalue weighted by Crippen LogP contribution is 2.16. The Morgan fingerprint density at radius 1 is 1.57 bits per heavy atom. The number of amides is 1. The molecule has 1 rings (SSSR count). The van der Waals surface area contributed by atoms with Crippen molar-refractivity contribution in [2.24, 2.45) is 0 Å². The Balaban J connectivity index is 2.65. The summed E-state index contributed by atoms with van der Waals surface area (Å²) in [7, 11) is 0. The number of hydrogen-bond acceptors (Lipinski definition) is 3. The molecule has 1 unspecified atom stereocenters. The van der Waals surface area contributed by atoms with Crippen molar-refractivity contribution < 1.29 is 13.6 Å². The molecule has 1 aromatic rings. The van der Waals surface area contributed by atoms with Crippen molar-refractivity contribution in [3.8, 4) is 12.3 Å². The molecule has 1 amide bonds. The first-order valence-electron chi connectivity index (χ1n) is 6.31. The highest BCUT2D eigenvalue weighted by Gasteiger charge is 2.32. The Bertz CT molecular complexity index is 573. The number of nitrogens with one attached hydrogen (secondary N) is 3. The molecule has 0 saturated carbocycles. The molecule has 0 heterocycles. The summed E-state index contributed by atoms with van der Waals surface area (Å²) in [6.45, 7) is 2.41. The molecular weight excluding hydrogens is 276 g/mol.